The second-order valence-corrected chi connectivity index (χ2v) is 9.36. The highest BCUT2D eigenvalue weighted by molar-refractivity contribution is 5.85. The molecule has 5 rings (SSSR count). The molecule has 4 nitrogen and oxygen atoms in total. The van der Waals surface area contributed by atoms with Gasteiger partial charge < -0.3 is 10.0 Å². The number of carbonyl (C=O) groups excluding carboxylic acids is 1. The Morgan fingerprint density at radius 3 is 2.20 bits per heavy atom. The lowest BCUT2D eigenvalue weighted by molar-refractivity contribution is -0.284. The van der Waals surface area contributed by atoms with Crippen LogP contribution in [0.1, 0.15) is 51.9 Å². The van der Waals surface area contributed by atoms with Crippen LogP contribution in [0.4, 0.5) is 13.2 Å². The minimum atomic E-state index is -4.27. The molecule has 25 heavy (non-hydrogen) atoms. The highest BCUT2D eigenvalue weighted by Gasteiger charge is 2.69. The number of hydrogen-bond acceptors (Lipinski definition) is 2. The first kappa shape index (κ1) is 17.2. The van der Waals surface area contributed by atoms with Gasteiger partial charge >= 0.3 is 12.1 Å². The molecule has 1 aliphatic heterocycles. The van der Waals surface area contributed by atoms with Gasteiger partial charge in [-0.05, 0) is 63.7 Å². The van der Waals surface area contributed by atoms with E-state index in [0.717, 1.165) is 6.42 Å². The van der Waals surface area contributed by atoms with E-state index >= 15 is 0 Å². The summed E-state index contributed by atoms with van der Waals surface area (Å²) in [6.45, 7) is 2.05. The average Bonchev–Trinajstić information content (AvgIpc) is 2.88. The van der Waals surface area contributed by atoms with Crippen LogP contribution in [0.25, 0.3) is 0 Å². The van der Waals surface area contributed by atoms with Gasteiger partial charge in [0.15, 0.2) is 0 Å². The number of amides is 1. The van der Waals surface area contributed by atoms with E-state index in [1.54, 1.807) is 6.92 Å². The Hall–Kier alpha value is -1.27. The maximum atomic E-state index is 13.8. The molecular formula is C18H24F3NO3. The number of carboxylic acid groups (broad SMARTS) is 1. The average molecular weight is 359 g/mol. The molecular weight excluding hydrogens is 335 g/mol. The van der Waals surface area contributed by atoms with E-state index < -0.39 is 28.4 Å². The Bertz CT molecular complexity index is 618. The van der Waals surface area contributed by atoms with Crippen molar-refractivity contribution in [2.45, 2.75) is 58.0 Å². The lowest BCUT2D eigenvalue weighted by atomic mass is 9.43. The Labute approximate surface area is 144 Å². The number of nitrogens with zero attached hydrogens (tertiary/aromatic N) is 1. The lowest BCUT2D eigenvalue weighted by Gasteiger charge is -2.61. The first-order valence-electron chi connectivity index (χ1n) is 9.08. The van der Waals surface area contributed by atoms with E-state index in [-0.39, 0.29) is 43.6 Å². The van der Waals surface area contributed by atoms with Gasteiger partial charge in [-0.15, -0.1) is 0 Å². The number of hydrogen-bond donors (Lipinski definition) is 1. The zero-order valence-electron chi connectivity index (χ0n) is 14.4. The molecule has 0 spiro atoms. The standard InChI is InChI=1S/C18H24F3NO3/c1-15(14(24)25)2-3-22(10-15)13(23)16-5-11-4-12(6-16)8-17(7-11,9-16)18(19,20)21/h11-12H,2-10H2,1H3,(H,24,25). The Morgan fingerprint density at radius 1 is 1.12 bits per heavy atom. The maximum Gasteiger partial charge on any atom is 0.394 e. The van der Waals surface area contributed by atoms with Crippen molar-refractivity contribution in [2.75, 3.05) is 13.1 Å². The number of aliphatic carboxylic acids is 1. The molecule has 1 N–H and O–H groups in total. The van der Waals surface area contributed by atoms with Gasteiger partial charge in [-0.2, -0.15) is 13.2 Å². The molecule has 4 bridgehead atoms. The fourth-order valence-corrected chi connectivity index (χ4v) is 6.49. The number of likely N-dealkylation sites (tertiary alicyclic amines) is 1. The van der Waals surface area contributed by atoms with Crippen molar-refractivity contribution in [3.05, 3.63) is 0 Å². The van der Waals surface area contributed by atoms with Crippen molar-refractivity contribution in [1.29, 1.82) is 0 Å². The summed E-state index contributed by atoms with van der Waals surface area (Å²) in [5, 5.41) is 9.37. The number of rotatable bonds is 2. The van der Waals surface area contributed by atoms with E-state index in [1.807, 2.05) is 0 Å². The molecule has 3 atom stereocenters. The molecule has 1 amide bonds. The summed E-state index contributed by atoms with van der Waals surface area (Å²) in [7, 11) is 0. The van der Waals surface area contributed by atoms with Crippen LogP contribution in [-0.4, -0.2) is 41.1 Å². The van der Waals surface area contributed by atoms with E-state index in [0.29, 0.717) is 25.8 Å². The molecule has 3 unspecified atom stereocenters. The highest BCUT2D eigenvalue weighted by atomic mass is 19.4. The third-order valence-electron chi connectivity index (χ3n) is 7.39. The molecule has 4 saturated carbocycles. The molecule has 1 saturated heterocycles. The van der Waals surface area contributed by atoms with E-state index in [4.69, 9.17) is 0 Å². The summed E-state index contributed by atoms with van der Waals surface area (Å²) < 4.78 is 41.5. The van der Waals surface area contributed by atoms with Crippen molar-refractivity contribution in [3.8, 4) is 0 Å². The topological polar surface area (TPSA) is 57.6 Å². The van der Waals surface area contributed by atoms with E-state index in [1.165, 1.54) is 4.90 Å². The Morgan fingerprint density at radius 2 is 1.72 bits per heavy atom. The minimum absolute atomic E-state index is 0.0275. The summed E-state index contributed by atoms with van der Waals surface area (Å²) in [4.78, 5) is 26.2. The van der Waals surface area contributed by atoms with Gasteiger partial charge in [0.2, 0.25) is 5.91 Å². The Balaban J connectivity index is 1.62. The van der Waals surface area contributed by atoms with Gasteiger partial charge in [-0.3, -0.25) is 9.59 Å². The van der Waals surface area contributed by atoms with Gasteiger partial charge in [0.25, 0.3) is 0 Å². The normalized spacial score (nSPS) is 45.8. The summed E-state index contributed by atoms with van der Waals surface area (Å²) in [5.41, 5.74) is -3.62. The predicted octanol–water partition coefficient (Wildman–Crippen LogP) is 3.46. The van der Waals surface area contributed by atoms with Crippen LogP contribution in [0.2, 0.25) is 0 Å². The lowest BCUT2D eigenvalue weighted by Crippen LogP contribution is -2.61. The van der Waals surface area contributed by atoms with Crippen LogP contribution < -0.4 is 0 Å². The van der Waals surface area contributed by atoms with Crippen molar-refractivity contribution in [3.63, 3.8) is 0 Å². The zero-order valence-corrected chi connectivity index (χ0v) is 14.4. The molecule has 7 heteroatoms. The van der Waals surface area contributed by atoms with Crippen LogP contribution in [0.3, 0.4) is 0 Å². The number of alkyl halides is 3. The molecule has 140 valence electrons. The van der Waals surface area contributed by atoms with Gasteiger partial charge in [0, 0.05) is 13.1 Å². The van der Waals surface area contributed by atoms with Crippen LogP contribution in [0.15, 0.2) is 0 Å². The van der Waals surface area contributed by atoms with Crippen LogP contribution in [0, 0.1) is 28.1 Å². The monoisotopic (exact) mass is 359 g/mol. The molecule has 1 heterocycles. The maximum absolute atomic E-state index is 13.8. The Kier molecular flexibility index (Phi) is 3.37. The predicted molar refractivity (Wildman–Crippen MR) is 82.5 cm³/mol. The van der Waals surface area contributed by atoms with Gasteiger partial charge in [-0.25, -0.2) is 0 Å². The largest absolute Gasteiger partial charge is 0.481 e. The number of carboxylic acids is 1. The van der Waals surface area contributed by atoms with E-state index in [9.17, 15) is 27.9 Å². The van der Waals surface area contributed by atoms with Crippen molar-refractivity contribution in [2.24, 2.45) is 28.1 Å². The van der Waals surface area contributed by atoms with Crippen LogP contribution in [0.5, 0.6) is 0 Å². The first-order chi connectivity index (χ1) is 11.5. The number of carbonyl (C=O) groups is 2. The van der Waals surface area contributed by atoms with Crippen molar-refractivity contribution < 1.29 is 27.9 Å². The van der Waals surface area contributed by atoms with Gasteiger partial charge in [0.05, 0.1) is 16.2 Å². The van der Waals surface area contributed by atoms with Crippen molar-refractivity contribution in [1.82, 2.24) is 4.90 Å². The highest BCUT2D eigenvalue weighted by Crippen LogP contribution is 2.69. The zero-order chi connectivity index (χ0) is 18.3. The molecule has 0 aromatic heterocycles. The molecule has 4 aliphatic carbocycles. The number of halogens is 3. The summed E-state index contributed by atoms with van der Waals surface area (Å²) >= 11 is 0. The fraction of sp³-hybridized carbons (Fsp3) is 0.889. The summed E-state index contributed by atoms with van der Waals surface area (Å²) in [5.74, 6) is -1.22. The van der Waals surface area contributed by atoms with E-state index in [2.05, 4.69) is 0 Å². The molecule has 0 radical (unpaired) electrons. The second kappa shape index (κ2) is 4.92. The van der Waals surface area contributed by atoms with Crippen LogP contribution in [-0.2, 0) is 9.59 Å². The third kappa shape index (κ3) is 2.33. The SMILES string of the molecule is CC1(C(=O)O)CCN(C(=O)C23CC4CC(C2)CC(C(F)(F)F)(C4)C3)C1. The van der Waals surface area contributed by atoms with Crippen LogP contribution >= 0.6 is 0 Å². The molecule has 5 fully saturated rings. The molecule has 0 aromatic rings. The fourth-order valence-electron chi connectivity index (χ4n) is 6.49. The second-order valence-electron chi connectivity index (χ2n) is 9.36. The summed E-state index contributed by atoms with van der Waals surface area (Å²) in [6.07, 6.45) is -1.79. The molecule has 0 aromatic carbocycles. The molecule has 5 aliphatic rings. The smallest absolute Gasteiger partial charge is 0.394 e. The first-order valence-corrected chi connectivity index (χ1v) is 9.08. The van der Waals surface area contributed by atoms with Gasteiger partial charge in [0.1, 0.15) is 0 Å². The third-order valence-corrected chi connectivity index (χ3v) is 7.39. The summed E-state index contributed by atoms with van der Waals surface area (Å²) in [6, 6.07) is 0. The van der Waals surface area contributed by atoms with Gasteiger partial charge in [-0.1, -0.05) is 0 Å². The minimum Gasteiger partial charge on any atom is -0.481 e. The quantitative estimate of drug-likeness (QED) is 0.821. The van der Waals surface area contributed by atoms with Crippen molar-refractivity contribution >= 4 is 11.9 Å².